The number of sulfonamides is 1. The SMILES string of the molecule is CCOc1ccc(S(=O)(=O)N(CC(=O)N(Cc2ccccc2C)[C@@H](Cc2ccccc2)C(=O)NC(C)C)c2ccc(F)cc2)cc1. The Morgan fingerprint density at radius 1 is 0.870 bits per heavy atom. The first kappa shape index (κ1) is 34.2. The van der Waals surface area contributed by atoms with Gasteiger partial charge in [0.15, 0.2) is 0 Å². The van der Waals surface area contributed by atoms with Crippen LogP contribution in [0.4, 0.5) is 10.1 Å². The Hall–Kier alpha value is -4.70. The van der Waals surface area contributed by atoms with Gasteiger partial charge in [-0.2, -0.15) is 0 Å². The van der Waals surface area contributed by atoms with Gasteiger partial charge in [0.1, 0.15) is 24.2 Å². The van der Waals surface area contributed by atoms with E-state index in [4.69, 9.17) is 4.74 Å². The summed E-state index contributed by atoms with van der Waals surface area (Å²) < 4.78 is 48.7. The second-order valence-electron chi connectivity index (χ2n) is 11.2. The maximum Gasteiger partial charge on any atom is 0.264 e. The van der Waals surface area contributed by atoms with E-state index in [9.17, 15) is 22.4 Å². The minimum atomic E-state index is -4.32. The highest BCUT2D eigenvalue weighted by atomic mass is 32.2. The summed E-state index contributed by atoms with van der Waals surface area (Å²) in [5.41, 5.74) is 2.67. The molecule has 0 aliphatic carbocycles. The van der Waals surface area contributed by atoms with Crippen molar-refractivity contribution < 1.29 is 27.1 Å². The van der Waals surface area contributed by atoms with E-state index < -0.39 is 34.3 Å². The number of nitrogens with one attached hydrogen (secondary N) is 1. The molecule has 0 radical (unpaired) electrons. The smallest absolute Gasteiger partial charge is 0.264 e. The molecule has 4 aromatic rings. The Labute approximate surface area is 270 Å². The number of carbonyl (C=O) groups is 2. The first-order valence-electron chi connectivity index (χ1n) is 15.2. The lowest BCUT2D eigenvalue weighted by atomic mass is 10.0. The van der Waals surface area contributed by atoms with Crippen LogP contribution in [0.15, 0.2) is 108 Å². The third-order valence-corrected chi connectivity index (χ3v) is 9.21. The van der Waals surface area contributed by atoms with Gasteiger partial charge in [0.2, 0.25) is 11.8 Å². The molecule has 0 aliphatic heterocycles. The normalized spacial score (nSPS) is 12.0. The summed E-state index contributed by atoms with van der Waals surface area (Å²) in [6.07, 6.45) is 0.208. The van der Waals surface area contributed by atoms with Crippen molar-refractivity contribution in [2.45, 2.75) is 57.6 Å². The van der Waals surface area contributed by atoms with Gasteiger partial charge in [-0.15, -0.1) is 0 Å². The molecule has 0 unspecified atom stereocenters. The molecule has 0 saturated heterocycles. The zero-order valence-electron chi connectivity index (χ0n) is 26.5. The minimum Gasteiger partial charge on any atom is -0.494 e. The number of halogens is 1. The van der Waals surface area contributed by atoms with Crippen molar-refractivity contribution in [3.8, 4) is 5.75 Å². The first-order chi connectivity index (χ1) is 22.0. The Balaban J connectivity index is 1.80. The van der Waals surface area contributed by atoms with Crippen LogP contribution in [0.25, 0.3) is 0 Å². The second-order valence-corrected chi connectivity index (χ2v) is 13.1. The molecule has 10 heteroatoms. The Bertz CT molecular complexity index is 1710. The summed E-state index contributed by atoms with van der Waals surface area (Å²) in [5, 5.41) is 2.94. The van der Waals surface area contributed by atoms with Crippen LogP contribution in [0.3, 0.4) is 0 Å². The number of hydrogen-bond donors (Lipinski definition) is 1. The molecule has 0 bridgehead atoms. The third-order valence-electron chi connectivity index (χ3n) is 7.42. The van der Waals surface area contributed by atoms with Crippen LogP contribution in [0.2, 0.25) is 0 Å². The fourth-order valence-electron chi connectivity index (χ4n) is 5.04. The van der Waals surface area contributed by atoms with Crippen LogP contribution in [0.5, 0.6) is 5.75 Å². The molecule has 0 heterocycles. The third kappa shape index (κ3) is 8.72. The maximum atomic E-state index is 14.5. The van der Waals surface area contributed by atoms with Crippen LogP contribution in [0, 0.1) is 12.7 Å². The summed E-state index contributed by atoms with van der Waals surface area (Å²) >= 11 is 0. The number of aryl methyl sites for hydroxylation is 1. The Kier molecular flexibility index (Phi) is 11.5. The zero-order chi connectivity index (χ0) is 33.3. The Morgan fingerprint density at radius 2 is 1.50 bits per heavy atom. The molecule has 0 spiro atoms. The number of anilines is 1. The predicted octanol–water partition coefficient (Wildman–Crippen LogP) is 5.89. The lowest BCUT2D eigenvalue weighted by Gasteiger charge is -2.34. The van der Waals surface area contributed by atoms with Crippen molar-refractivity contribution in [1.82, 2.24) is 10.2 Å². The number of benzene rings is 4. The average molecular weight is 646 g/mol. The van der Waals surface area contributed by atoms with Crippen LogP contribution in [-0.2, 0) is 32.6 Å². The topological polar surface area (TPSA) is 96.0 Å². The number of hydrogen-bond acceptors (Lipinski definition) is 5. The van der Waals surface area contributed by atoms with Gasteiger partial charge in [-0.1, -0.05) is 54.6 Å². The monoisotopic (exact) mass is 645 g/mol. The van der Waals surface area contributed by atoms with E-state index in [-0.39, 0.29) is 35.5 Å². The Morgan fingerprint density at radius 3 is 2.11 bits per heavy atom. The molecule has 2 amide bonds. The van der Waals surface area contributed by atoms with Gasteiger partial charge < -0.3 is 15.0 Å². The standard InChI is InChI=1S/C36H40FN3O5S/c1-5-45-32-19-21-33(22-20-32)46(43,44)40(31-17-15-30(37)16-18-31)25-35(41)39(24-29-14-10-9-11-27(29)4)34(36(42)38-26(2)3)23-28-12-7-6-8-13-28/h6-22,26,34H,5,23-25H2,1-4H3,(H,38,42)/t34-/m0/s1. The fourth-order valence-corrected chi connectivity index (χ4v) is 6.46. The molecule has 0 saturated carbocycles. The van der Waals surface area contributed by atoms with E-state index in [1.165, 1.54) is 41.3 Å². The van der Waals surface area contributed by atoms with E-state index >= 15 is 0 Å². The second kappa shape index (κ2) is 15.5. The van der Waals surface area contributed by atoms with E-state index in [1.54, 1.807) is 0 Å². The van der Waals surface area contributed by atoms with Crippen LogP contribution in [-0.4, -0.2) is 50.4 Å². The van der Waals surface area contributed by atoms with E-state index in [1.807, 2.05) is 82.3 Å². The predicted molar refractivity (Wildman–Crippen MR) is 177 cm³/mol. The molecule has 1 atom stereocenters. The van der Waals surface area contributed by atoms with Crippen molar-refractivity contribution in [2.24, 2.45) is 0 Å². The van der Waals surface area contributed by atoms with Crippen LogP contribution >= 0.6 is 0 Å². The highest BCUT2D eigenvalue weighted by Gasteiger charge is 2.35. The van der Waals surface area contributed by atoms with E-state index in [0.717, 1.165) is 33.1 Å². The molecular formula is C36H40FN3O5S. The summed E-state index contributed by atoms with van der Waals surface area (Å²) in [7, 11) is -4.32. The van der Waals surface area contributed by atoms with Crippen molar-refractivity contribution in [3.63, 3.8) is 0 Å². The summed E-state index contributed by atoms with van der Waals surface area (Å²) in [6, 6.07) is 26.5. The van der Waals surface area contributed by atoms with Gasteiger partial charge in [0.05, 0.1) is 17.2 Å². The molecule has 4 aromatic carbocycles. The largest absolute Gasteiger partial charge is 0.494 e. The first-order valence-corrected chi connectivity index (χ1v) is 16.6. The van der Waals surface area contributed by atoms with Crippen molar-refractivity contribution in [2.75, 3.05) is 17.5 Å². The summed E-state index contributed by atoms with van der Waals surface area (Å²) in [4.78, 5) is 29.6. The number of amides is 2. The summed E-state index contributed by atoms with van der Waals surface area (Å²) in [6.45, 7) is 7.26. The number of rotatable bonds is 14. The highest BCUT2D eigenvalue weighted by molar-refractivity contribution is 7.92. The molecule has 8 nitrogen and oxygen atoms in total. The fraction of sp³-hybridized carbons (Fsp3) is 0.278. The van der Waals surface area contributed by atoms with Crippen LogP contribution < -0.4 is 14.4 Å². The lowest BCUT2D eigenvalue weighted by molar-refractivity contribution is -0.140. The summed E-state index contributed by atoms with van der Waals surface area (Å²) in [5.74, 6) is -1.01. The van der Waals surface area contributed by atoms with Gasteiger partial charge in [0, 0.05) is 19.0 Å². The minimum absolute atomic E-state index is 0.0644. The molecular weight excluding hydrogens is 605 g/mol. The number of carbonyl (C=O) groups excluding carboxylic acids is 2. The highest BCUT2D eigenvalue weighted by Crippen LogP contribution is 2.27. The van der Waals surface area contributed by atoms with Gasteiger partial charge in [-0.25, -0.2) is 12.8 Å². The van der Waals surface area contributed by atoms with Crippen molar-refractivity contribution in [1.29, 1.82) is 0 Å². The average Bonchev–Trinajstić information content (AvgIpc) is 3.03. The molecule has 4 rings (SSSR count). The molecule has 242 valence electrons. The number of ether oxygens (including phenoxy) is 1. The molecule has 0 fully saturated rings. The number of nitrogens with zero attached hydrogens (tertiary/aromatic N) is 2. The lowest BCUT2D eigenvalue weighted by Crippen LogP contribution is -2.54. The molecule has 1 N–H and O–H groups in total. The molecule has 0 aliphatic rings. The van der Waals surface area contributed by atoms with Gasteiger partial charge in [-0.3, -0.25) is 13.9 Å². The molecule has 46 heavy (non-hydrogen) atoms. The van der Waals surface area contributed by atoms with Gasteiger partial charge in [-0.05, 0) is 92.9 Å². The van der Waals surface area contributed by atoms with Crippen molar-refractivity contribution in [3.05, 3.63) is 126 Å². The quantitative estimate of drug-likeness (QED) is 0.185. The van der Waals surface area contributed by atoms with E-state index in [2.05, 4.69) is 5.32 Å². The van der Waals surface area contributed by atoms with Gasteiger partial charge >= 0.3 is 0 Å². The molecule has 0 aromatic heterocycles. The zero-order valence-corrected chi connectivity index (χ0v) is 27.3. The van der Waals surface area contributed by atoms with Crippen molar-refractivity contribution >= 4 is 27.5 Å². The maximum absolute atomic E-state index is 14.5. The van der Waals surface area contributed by atoms with E-state index in [0.29, 0.717) is 12.4 Å². The van der Waals surface area contributed by atoms with Crippen LogP contribution in [0.1, 0.15) is 37.5 Å². The van der Waals surface area contributed by atoms with Gasteiger partial charge in [0.25, 0.3) is 10.0 Å².